The standard InChI is InChI=1S/C18H36N4OS/c1-5-19-17(22-11-13-24-18(2,3)15-22)20-14-16-6-8-21(9-7-16)10-12-23-4/h16H,5-15H2,1-4H3,(H,19,20). The minimum atomic E-state index is 0.321. The number of rotatable bonds is 6. The van der Waals surface area contributed by atoms with Gasteiger partial charge in [0.25, 0.3) is 0 Å². The number of thioether (sulfide) groups is 1. The SMILES string of the molecule is CCNC(=NCC1CCN(CCOC)CC1)N1CCSC(C)(C)C1. The Balaban J connectivity index is 1.83. The fraction of sp³-hybridized carbons (Fsp3) is 0.944. The van der Waals surface area contributed by atoms with Crippen molar-refractivity contribution in [1.82, 2.24) is 15.1 Å². The van der Waals surface area contributed by atoms with E-state index in [4.69, 9.17) is 9.73 Å². The van der Waals surface area contributed by atoms with Crippen LogP contribution in [0, 0.1) is 5.92 Å². The average Bonchev–Trinajstić information content (AvgIpc) is 2.57. The van der Waals surface area contributed by atoms with Crippen LogP contribution in [0.3, 0.4) is 0 Å². The third-order valence-electron chi connectivity index (χ3n) is 4.88. The summed E-state index contributed by atoms with van der Waals surface area (Å²) in [6.07, 6.45) is 2.52. The Hall–Kier alpha value is -0.460. The van der Waals surface area contributed by atoms with Crippen molar-refractivity contribution in [1.29, 1.82) is 0 Å². The molecule has 0 amide bonds. The van der Waals surface area contributed by atoms with Crippen molar-refractivity contribution in [2.45, 2.75) is 38.4 Å². The van der Waals surface area contributed by atoms with E-state index in [1.54, 1.807) is 7.11 Å². The molecule has 2 fully saturated rings. The highest BCUT2D eigenvalue weighted by molar-refractivity contribution is 8.00. The van der Waals surface area contributed by atoms with Gasteiger partial charge in [0.05, 0.1) is 6.61 Å². The molecule has 0 radical (unpaired) electrons. The summed E-state index contributed by atoms with van der Waals surface area (Å²) in [5.74, 6) is 3.03. The van der Waals surface area contributed by atoms with Gasteiger partial charge in [-0.05, 0) is 52.6 Å². The van der Waals surface area contributed by atoms with Gasteiger partial charge in [-0.1, -0.05) is 0 Å². The van der Waals surface area contributed by atoms with E-state index in [1.807, 2.05) is 0 Å². The second-order valence-corrected chi connectivity index (χ2v) is 9.30. The molecule has 24 heavy (non-hydrogen) atoms. The van der Waals surface area contributed by atoms with Gasteiger partial charge < -0.3 is 19.9 Å². The number of guanidine groups is 1. The second-order valence-electron chi connectivity index (χ2n) is 7.50. The van der Waals surface area contributed by atoms with Crippen molar-refractivity contribution >= 4 is 17.7 Å². The number of hydrogen-bond donors (Lipinski definition) is 1. The van der Waals surface area contributed by atoms with E-state index in [-0.39, 0.29) is 0 Å². The maximum absolute atomic E-state index is 5.18. The van der Waals surface area contributed by atoms with Crippen LogP contribution < -0.4 is 5.32 Å². The lowest BCUT2D eigenvalue weighted by atomic mass is 9.97. The van der Waals surface area contributed by atoms with Crippen LogP contribution in [0.15, 0.2) is 4.99 Å². The van der Waals surface area contributed by atoms with Crippen LogP contribution in [0.5, 0.6) is 0 Å². The zero-order valence-electron chi connectivity index (χ0n) is 16.0. The first-order chi connectivity index (χ1) is 11.5. The van der Waals surface area contributed by atoms with E-state index in [0.717, 1.165) is 51.2 Å². The summed E-state index contributed by atoms with van der Waals surface area (Å²) in [5.41, 5.74) is 0. The lowest BCUT2D eigenvalue weighted by Crippen LogP contribution is -2.51. The molecule has 6 heteroatoms. The lowest BCUT2D eigenvalue weighted by Gasteiger charge is -2.39. The van der Waals surface area contributed by atoms with Gasteiger partial charge in [-0.2, -0.15) is 11.8 Å². The predicted octanol–water partition coefficient (Wildman–Crippen LogP) is 2.14. The minimum absolute atomic E-state index is 0.321. The molecule has 1 N–H and O–H groups in total. The molecule has 0 spiro atoms. The number of nitrogens with zero attached hydrogens (tertiary/aromatic N) is 3. The summed E-state index contributed by atoms with van der Waals surface area (Å²) in [5, 5.41) is 3.51. The Morgan fingerprint density at radius 3 is 2.67 bits per heavy atom. The van der Waals surface area contributed by atoms with Gasteiger partial charge in [0.2, 0.25) is 0 Å². The van der Waals surface area contributed by atoms with Crippen molar-refractivity contribution in [2.24, 2.45) is 10.9 Å². The number of ether oxygens (including phenoxy) is 1. The van der Waals surface area contributed by atoms with Gasteiger partial charge in [-0.3, -0.25) is 4.99 Å². The first-order valence-corrected chi connectivity index (χ1v) is 10.4. The van der Waals surface area contributed by atoms with Crippen LogP contribution in [0.25, 0.3) is 0 Å². The van der Waals surface area contributed by atoms with Gasteiger partial charge in [0.15, 0.2) is 5.96 Å². The molecule has 0 aromatic rings. The quantitative estimate of drug-likeness (QED) is 0.583. The summed E-state index contributed by atoms with van der Waals surface area (Å²) in [6, 6.07) is 0. The third kappa shape index (κ3) is 6.45. The monoisotopic (exact) mass is 356 g/mol. The summed E-state index contributed by atoms with van der Waals surface area (Å²) in [4.78, 5) is 9.96. The van der Waals surface area contributed by atoms with Crippen LogP contribution in [0.4, 0.5) is 0 Å². The molecule has 0 saturated carbocycles. The van der Waals surface area contributed by atoms with Crippen molar-refractivity contribution in [3.05, 3.63) is 0 Å². The molecule has 0 aromatic carbocycles. The van der Waals surface area contributed by atoms with Crippen molar-refractivity contribution in [3.63, 3.8) is 0 Å². The molecule has 2 saturated heterocycles. The molecule has 2 heterocycles. The molecular formula is C18H36N4OS. The average molecular weight is 357 g/mol. The number of aliphatic imine (C=N–C) groups is 1. The normalized spacial score (nSPS) is 23.5. The summed E-state index contributed by atoms with van der Waals surface area (Å²) < 4.78 is 5.50. The van der Waals surface area contributed by atoms with E-state index >= 15 is 0 Å². The third-order valence-corrected chi connectivity index (χ3v) is 6.18. The minimum Gasteiger partial charge on any atom is -0.383 e. The fourth-order valence-electron chi connectivity index (χ4n) is 3.45. The Morgan fingerprint density at radius 2 is 2.04 bits per heavy atom. The van der Waals surface area contributed by atoms with Crippen molar-refractivity contribution < 1.29 is 4.74 Å². The first kappa shape index (κ1) is 19.9. The number of methoxy groups -OCH3 is 1. The zero-order chi connectivity index (χ0) is 17.4. The maximum atomic E-state index is 5.18. The highest BCUT2D eigenvalue weighted by Crippen LogP contribution is 2.29. The van der Waals surface area contributed by atoms with Crippen LogP contribution in [0.2, 0.25) is 0 Å². The van der Waals surface area contributed by atoms with Crippen molar-refractivity contribution in [2.75, 3.05) is 65.3 Å². The number of nitrogens with one attached hydrogen (secondary N) is 1. The zero-order valence-corrected chi connectivity index (χ0v) is 16.8. The molecule has 2 aliphatic heterocycles. The van der Waals surface area contributed by atoms with Crippen molar-refractivity contribution in [3.8, 4) is 0 Å². The molecule has 0 aliphatic carbocycles. The number of hydrogen-bond acceptors (Lipinski definition) is 4. The van der Waals surface area contributed by atoms with Gasteiger partial charge in [0, 0.05) is 50.3 Å². The van der Waals surface area contributed by atoms with Crippen LogP contribution in [-0.4, -0.2) is 85.8 Å². The van der Waals surface area contributed by atoms with E-state index < -0.39 is 0 Å². The molecular weight excluding hydrogens is 320 g/mol. The van der Waals surface area contributed by atoms with E-state index in [1.165, 1.54) is 31.7 Å². The van der Waals surface area contributed by atoms with E-state index in [0.29, 0.717) is 4.75 Å². The second kappa shape index (κ2) is 9.88. The maximum Gasteiger partial charge on any atom is 0.193 e. The fourth-order valence-corrected chi connectivity index (χ4v) is 4.56. The Kier molecular flexibility index (Phi) is 8.17. The number of piperidine rings is 1. The largest absolute Gasteiger partial charge is 0.383 e. The summed E-state index contributed by atoms with van der Waals surface area (Å²) in [7, 11) is 1.78. The smallest absolute Gasteiger partial charge is 0.193 e. The first-order valence-electron chi connectivity index (χ1n) is 9.42. The molecule has 5 nitrogen and oxygen atoms in total. The molecule has 2 aliphatic rings. The predicted molar refractivity (Wildman–Crippen MR) is 105 cm³/mol. The van der Waals surface area contributed by atoms with Gasteiger partial charge in [0.1, 0.15) is 0 Å². The van der Waals surface area contributed by atoms with E-state index in [2.05, 4.69) is 47.6 Å². The molecule has 0 bridgehead atoms. The van der Waals surface area contributed by atoms with E-state index in [9.17, 15) is 0 Å². The molecule has 140 valence electrons. The molecule has 0 aromatic heterocycles. The topological polar surface area (TPSA) is 40.1 Å². The Morgan fingerprint density at radius 1 is 1.29 bits per heavy atom. The molecule has 0 unspecified atom stereocenters. The highest BCUT2D eigenvalue weighted by Gasteiger charge is 2.29. The summed E-state index contributed by atoms with van der Waals surface area (Å²) in [6.45, 7) is 15.2. The summed E-state index contributed by atoms with van der Waals surface area (Å²) >= 11 is 2.07. The Bertz CT molecular complexity index is 394. The highest BCUT2D eigenvalue weighted by atomic mass is 32.2. The van der Waals surface area contributed by atoms with Gasteiger partial charge in [-0.15, -0.1) is 0 Å². The molecule has 0 atom stereocenters. The molecule has 2 rings (SSSR count). The van der Waals surface area contributed by atoms with Crippen LogP contribution in [-0.2, 0) is 4.74 Å². The Labute approximate surface area is 152 Å². The van der Waals surface area contributed by atoms with Gasteiger partial charge >= 0.3 is 0 Å². The number of likely N-dealkylation sites (tertiary alicyclic amines) is 1. The lowest BCUT2D eigenvalue weighted by molar-refractivity contribution is 0.121. The van der Waals surface area contributed by atoms with Crippen LogP contribution in [0.1, 0.15) is 33.6 Å². The van der Waals surface area contributed by atoms with Gasteiger partial charge in [-0.25, -0.2) is 0 Å². The van der Waals surface area contributed by atoms with Crippen LogP contribution >= 0.6 is 11.8 Å².